The van der Waals surface area contributed by atoms with E-state index in [1.54, 1.807) is 30.3 Å². The normalized spacial score (nSPS) is 13.5. The van der Waals surface area contributed by atoms with Gasteiger partial charge in [0.25, 0.3) is 0 Å². The van der Waals surface area contributed by atoms with Crippen LogP contribution in [-0.4, -0.2) is 32.7 Å². The average molecular weight is 376 g/mol. The second kappa shape index (κ2) is 8.53. The van der Waals surface area contributed by atoms with Crippen LogP contribution < -0.4 is 18.9 Å². The van der Waals surface area contributed by atoms with Crippen LogP contribution in [0.3, 0.4) is 0 Å². The molecule has 1 aliphatic rings. The molecule has 1 heterocycles. The van der Waals surface area contributed by atoms with E-state index in [-0.39, 0.29) is 17.3 Å². The molecule has 0 unspecified atom stereocenters. The fourth-order valence-corrected chi connectivity index (χ4v) is 2.62. The Balaban J connectivity index is 1.84. The SMILES string of the molecule is COc1cccc(/C=C/C(=O)c2ccc3c(c2)OCCCO3)c1OC(F)F. The molecule has 0 aromatic heterocycles. The summed E-state index contributed by atoms with van der Waals surface area (Å²) < 4.78 is 46.0. The standard InChI is InChI=1S/C20H18F2O5/c1-24-17-5-2-4-13(19(17)27-20(21)22)6-8-15(23)14-7-9-16-18(12-14)26-11-3-10-25-16/h2,4-9,12,20H,3,10-11H2,1H3/b8-6+. The molecule has 0 spiro atoms. The van der Waals surface area contributed by atoms with Crippen molar-refractivity contribution in [3.05, 3.63) is 53.6 Å². The number of hydrogen-bond acceptors (Lipinski definition) is 5. The minimum atomic E-state index is -3.01. The van der Waals surface area contributed by atoms with Crippen LogP contribution in [0.5, 0.6) is 23.0 Å². The number of ether oxygens (including phenoxy) is 4. The minimum absolute atomic E-state index is 0.127. The van der Waals surface area contributed by atoms with E-state index >= 15 is 0 Å². The van der Waals surface area contributed by atoms with Gasteiger partial charge in [-0.1, -0.05) is 12.1 Å². The lowest BCUT2D eigenvalue weighted by Crippen LogP contribution is -2.05. The zero-order chi connectivity index (χ0) is 19.2. The molecule has 7 heteroatoms. The smallest absolute Gasteiger partial charge is 0.387 e. The Morgan fingerprint density at radius 2 is 1.93 bits per heavy atom. The van der Waals surface area contributed by atoms with Gasteiger partial charge in [0.1, 0.15) is 0 Å². The maximum atomic E-state index is 12.7. The summed E-state index contributed by atoms with van der Waals surface area (Å²) >= 11 is 0. The Labute approximate surface area is 155 Å². The lowest BCUT2D eigenvalue weighted by atomic mass is 10.1. The van der Waals surface area contributed by atoms with Crippen molar-refractivity contribution in [2.24, 2.45) is 0 Å². The third kappa shape index (κ3) is 4.55. The molecule has 0 amide bonds. The molecule has 3 rings (SSSR count). The number of halogens is 2. The zero-order valence-electron chi connectivity index (χ0n) is 14.6. The molecule has 0 radical (unpaired) electrons. The van der Waals surface area contributed by atoms with Gasteiger partial charge in [0.15, 0.2) is 28.8 Å². The number of hydrogen-bond donors (Lipinski definition) is 0. The Hall–Kier alpha value is -3.09. The van der Waals surface area contributed by atoms with Crippen LogP contribution >= 0.6 is 0 Å². The lowest BCUT2D eigenvalue weighted by molar-refractivity contribution is -0.0513. The molecular weight excluding hydrogens is 358 g/mol. The monoisotopic (exact) mass is 376 g/mol. The first kappa shape index (κ1) is 18.7. The fraction of sp³-hybridized carbons (Fsp3) is 0.250. The van der Waals surface area contributed by atoms with Gasteiger partial charge in [0.2, 0.25) is 0 Å². The molecule has 0 saturated carbocycles. The number of rotatable bonds is 6. The van der Waals surface area contributed by atoms with E-state index in [4.69, 9.17) is 14.2 Å². The summed E-state index contributed by atoms with van der Waals surface area (Å²) in [5, 5.41) is 0. The van der Waals surface area contributed by atoms with Crippen molar-refractivity contribution in [3.63, 3.8) is 0 Å². The Bertz CT molecular complexity index is 848. The van der Waals surface area contributed by atoms with Crippen LogP contribution in [0.25, 0.3) is 6.08 Å². The summed E-state index contributed by atoms with van der Waals surface area (Å²) in [6.45, 7) is -1.94. The van der Waals surface area contributed by atoms with Gasteiger partial charge < -0.3 is 18.9 Å². The van der Waals surface area contributed by atoms with Crippen molar-refractivity contribution in [3.8, 4) is 23.0 Å². The molecule has 0 atom stereocenters. The van der Waals surface area contributed by atoms with Gasteiger partial charge >= 0.3 is 6.61 Å². The third-order valence-electron chi connectivity index (χ3n) is 3.88. The van der Waals surface area contributed by atoms with Crippen LogP contribution in [0.1, 0.15) is 22.3 Å². The number of alkyl halides is 2. The van der Waals surface area contributed by atoms with E-state index in [0.717, 1.165) is 6.42 Å². The van der Waals surface area contributed by atoms with E-state index in [2.05, 4.69) is 4.74 Å². The number of allylic oxidation sites excluding steroid dienone is 1. The quantitative estimate of drug-likeness (QED) is 0.554. The molecule has 0 bridgehead atoms. The zero-order valence-corrected chi connectivity index (χ0v) is 14.6. The molecule has 5 nitrogen and oxygen atoms in total. The maximum absolute atomic E-state index is 12.7. The van der Waals surface area contributed by atoms with Gasteiger partial charge in [0.05, 0.1) is 20.3 Å². The summed E-state index contributed by atoms with van der Waals surface area (Å²) in [6.07, 6.45) is 3.46. The molecule has 0 N–H and O–H groups in total. The van der Waals surface area contributed by atoms with Gasteiger partial charge in [-0.3, -0.25) is 4.79 Å². The summed E-state index contributed by atoms with van der Waals surface area (Å²) in [6, 6.07) is 9.59. The molecule has 2 aromatic rings. The van der Waals surface area contributed by atoms with E-state index in [1.165, 1.54) is 25.3 Å². The molecule has 0 fully saturated rings. The van der Waals surface area contributed by atoms with Crippen LogP contribution in [0.15, 0.2) is 42.5 Å². The summed E-state index contributed by atoms with van der Waals surface area (Å²) in [5.41, 5.74) is 0.701. The van der Waals surface area contributed by atoms with Crippen LogP contribution in [0.4, 0.5) is 8.78 Å². The van der Waals surface area contributed by atoms with Gasteiger partial charge in [-0.05, 0) is 36.4 Å². The summed E-state index contributed by atoms with van der Waals surface area (Å²) in [7, 11) is 1.35. The predicted octanol–water partition coefficient (Wildman–Crippen LogP) is 4.35. The topological polar surface area (TPSA) is 54.0 Å². The van der Waals surface area contributed by atoms with E-state index in [1.807, 2.05) is 0 Å². The third-order valence-corrected chi connectivity index (χ3v) is 3.88. The molecule has 1 aliphatic heterocycles. The van der Waals surface area contributed by atoms with Crippen LogP contribution in [0, 0.1) is 0 Å². The van der Waals surface area contributed by atoms with Gasteiger partial charge in [-0.25, -0.2) is 0 Å². The number of methoxy groups -OCH3 is 1. The first-order valence-corrected chi connectivity index (χ1v) is 8.32. The minimum Gasteiger partial charge on any atom is -0.493 e. The van der Waals surface area contributed by atoms with E-state index in [0.29, 0.717) is 35.8 Å². The number of fused-ring (bicyclic) bond motifs is 1. The van der Waals surface area contributed by atoms with Gasteiger partial charge in [-0.2, -0.15) is 8.78 Å². The summed E-state index contributed by atoms with van der Waals surface area (Å²) in [4.78, 5) is 12.5. The summed E-state index contributed by atoms with van der Waals surface area (Å²) in [5.74, 6) is 0.818. The number of para-hydroxylation sites is 1. The van der Waals surface area contributed by atoms with Crippen molar-refractivity contribution in [2.75, 3.05) is 20.3 Å². The molecule has 2 aromatic carbocycles. The predicted molar refractivity (Wildman–Crippen MR) is 95.0 cm³/mol. The Morgan fingerprint density at radius 3 is 2.67 bits per heavy atom. The first-order chi connectivity index (χ1) is 13.1. The highest BCUT2D eigenvalue weighted by molar-refractivity contribution is 6.07. The molecule has 142 valence electrons. The molecule has 0 aliphatic carbocycles. The Morgan fingerprint density at radius 1 is 1.15 bits per heavy atom. The van der Waals surface area contributed by atoms with Crippen molar-refractivity contribution in [2.45, 2.75) is 13.0 Å². The van der Waals surface area contributed by atoms with Gasteiger partial charge in [-0.15, -0.1) is 0 Å². The van der Waals surface area contributed by atoms with E-state index in [9.17, 15) is 13.6 Å². The molecule has 0 saturated heterocycles. The highest BCUT2D eigenvalue weighted by Crippen LogP contribution is 2.34. The second-order valence-electron chi connectivity index (χ2n) is 5.67. The lowest BCUT2D eigenvalue weighted by Gasteiger charge is -2.12. The van der Waals surface area contributed by atoms with Crippen molar-refractivity contribution in [1.29, 1.82) is 0 Å². The number of benzene rings is 2. The first-order valence-electron chi connectivity index (χ1n) is 8.32. The van der Waals surface area contributed by atoms with Crippen molar-refractivity contribution < 1.29 is 32.5 Å². The molecular formula is C20H18F2O5. The van der Waals surface area contributed by atoms with Gasteiger partial charge in [0, 0.05) is 17.5 Å². The maximum Gasteiger partial charge on any atom is 0.387 e. The van der Waals surface area contributed by atoms with Crippen molar-refractivity contribution in [1.82, 2.24) is 0 Å². The van der Waals surface area contributed by atoms with E-state index < -0.39 is 6.61 Å². The van der Waals surface area contributed by atoms with Crippen molar-refractivity contribution >= 4 is 11.9 Å². The fourth-order valence-electron chi connectivity index (χ4n) is 2.62. The van der Waals surface area contributed by atoms with Crippen LogP contribution in [0.2, 0.25) is 0 Å². The Kier molecular flexibility index (Phi) is 5.90. The van der Waals surface area contributed by atoms with Crippen LogP contribution in [-0.2, 0) is 0 Å². The number of carbonyl (C=O) groups is 1. The number of ketones is 1. The highest BCUT2D eigenvalue weighted by atomic mass is 19.3. The largest absolute Gasteiger partial charge is 0.493 e. The average Bonchev–Trinajstić information content (AvgIpc) is 2.91. The highest BCUT2D eigenvalue weighted by Gasteiger charge is 2.15. The molecule has 27 heavy (non-hydrogen) atoms. The number of carbonyl (C=O) groups excluding carboxylic acids is 1. The second-order valence-corrected chi connectivity index (χ2v) is 5.67.